The van der Waals surface area contributed by atoms with Crippen molar-refractivity contribution in [3.8, 4) is 17.2 Å². The number of oxazole rings is 1. The average molecular weight is 524 g/mol. The summed E-state index contributed by atoms with van der Waals surface area (Å²) in [5, 5.41) is 5.43. The van der Waals surface area contributed by atoms with E-state index in [9.17, 15) is 9.59 Å². The van der Waals surface area contributed by atoms with E-state index in [1.54, 1.807) is 24.3 Å². The monoisotopic (exact) mass is 523 g/mol. The minimum Gasteiger partial charge on any atom is -0.484 e. The standard InChI is InChI=1S/C30H25N3O4S/c1-20(38-25-17-15-22(16-18-25)31-28(34)19-36-24-7-3-2-4-8-24)29(35)32-23-13-11-21(12-14-23)30-33-26-9-5-6-10-27(26)37-30/h2-18,20H,19H2,1H3,(H,31,34)(H,32,35). The lowest BCUT2D eigenvalue weighted by Gasteiger charge is -2.13. The van der Waals surface area contributed by atoms with E-state index in [0.29, 0.717) is 23.0 Å². The molecule has 7 nitrogen and oxygen atoms in total. The Kier molecular flexibility index (Phi) is 7.70. The number of carbonyl (C=O) groups excluding carboxylic acids is 2. The van der Waals surface area contributed by atoms with Crippen LogP contribution < -0.4 is 15.4 Å². The normalized spacial score (nSPS) is 11.6. The summed E-state index contributed by atoms with van der Waals surface area (Å²) in [6, 6.07) is 31.5. The van der Waals surface area contributed by atoms with E-state index in [4.69, 9.17) is 9.15 Å². The zero-order valence-electron chi connectivity index (χ0n) is 20.6. The van der Waals surface area contributed by atoms with Crippen LogP contribution in [-0.4, -0.2) is 28.7 Å². The van der Waals surface area contributed by atoms with Gasteiger partial charge >= 0.3 is 0 Å². The molecule has 0 saturated heterocycles. The van der Waals surface area contributed by atoms with Gasteiger partial charge in [0, 0.05) is 21.8 Å². The Hall–Kier alpha value is -4.56. The van der Waals surface area contributed by atoms with Crippen molar-refractivity contribution in [1.29, 1.82) is 0 Å². The maximum absolute atomic E-state index is 12.8. The molecule has 8 heteroatoms. The number of nitrogens with zero attached hydrogens (tertiary/aromatic N) is 1. The molecule has 0 saturated carbocycles. The molecule has 38 heavy (non-hydrogen) atoms. The summed E-state index contributed by atoms with van der Waals surface area (Å²) >= 11 is 1.43. The van der Waals surface area contributed by atoms with Crippen molar-refractivity contribution < 1.29 is 18.7 Å². The smallest absolute Gasteiger partial charge is 0.262 e. The number of amides is 2. The third kappa shape index (κ3) is 6.41. The van der Waals surface area contributed by atoms with Crippen LogP contribution in [0.5, 0.6) is 5.75 Å². The summed E-state index contributed by atoms with van der Waals surface area (Å²) in [5.41, 5.74) is 3.72. The van der Waals surface area contributed by atoms with Crippen LogP contribution in [0.1, 0.15) is 6.92 Å². The number of hydrogen-bond donors (Lipinski definition) is 2. The fourth-order valence-corrected chi connectivity index (χ4v) is 4.54. The highest BCUT2D eigenvalue weighted by Crippen LogP contribution is 2.27. The van der Waals surface area contributed by atoms with Crippen molar-refractivity contribution >= 4 is 46.1 Å². The fraction of sp³-hybridized carbons (Fsp3) is 0.100. The molecule has 0 aliphatic carbocycles. The SMILES string of the molecule is CC(Sc1ccc(NC(=O)COc2ccccc2)cc1)C(=O)Nc1ccc(-c2nc3ccccc3o2)cc1. The summed E-state index contributed by atoms with van der Waals surface area (Å²) in [6.07, 6.45) is 0. The van der Waals surface area contributed by atoms with Gasteiger partial charge in [0.05, 0.1) is 5.25 Å². The Morgan fingerprint density at radius 2 is 1.50 bits per heavy atom. The molecule has 0 aliphatic heterocycles. The highest BCUT2D eigenvalue weighted by molar-refractivity contribution is 8.00. The van der Waals surface area contributed by atoms with Gasteiger partial charge < -0.3 is 19.8 Å². The third-order valence-corrected chi connectivity index (χ3v) is 6.74. The highest BCUT2D eigenvalue weighted by Gasteiger charge is 2.15. The first-order chi connectivity index (χ1) is 18.5. The first-order valence-electron chi connectivity index (χ1n) is 12.0. The highest BCUT2D eigenvalue weighted by atomic mass is 32.2. The van der Waals surface area contributed by atoms with Crippen LogP contribution in [0.25, 0.3) is 22.6 Å². The second kappa shape index (κ2) is 11.7. The zero-order chi connectivity index (χ0) is 26.3. The summed E-state index contributed by atoms with van der Waals surface area (Å²) in [4.78, 5) is 30.3. The molecule has 0 radical (unpaired) electrons. The third-order valence-electron chi connectivity index (χ3n) is 5.63. The number of anilines is 2. The largest absolute Gasteiger partial charge is 0.484 e. The Morgan fingerprint density at radius 1 is 0.842 bits per heavy atom. The van der Waals surface area contributed by atoms with Crippen molar-refractivity contribution in [2.75, 3.05) is 17.2 Å². The molecule has 0 bridgehead atoms. The van der Waals surface area contributed by atoms with Crippen LogP contribution in [0.4, 0.5) is 11.4 Å². The van der Waals surface area contributed by atoms with Crippen LogP contribution >= 0.6 is 11.8 Å². The Balaban J connectivity index is 1.11. The van der Waals surface area contributed by atoms with E-state index >= 15 is 0 Å². The van der Waals surface area contributed by atoms with Gasteiger partial charge in [-0.2, -0.15) is 0 Å². The summed E-state index contributed by atoms with van der Waals surface area (Å²) in [6.45, 7) is 1.77. The predicted octanol–water partition coefficient (Wildman–Crippen LogP) is 6.63. The summed E-state index contributed by atoms with van der Waals surface area (Å²) in [5.74, 6) is 0.821. The molecule has 4 aromatic carbocycles. The van der Waals surface area contributed by atoms with Crippen LogP contribution in [0.2, 0.25) is 0 Å². The molecule has 1 heterocycles. The van der Waals surface area contributed by atoms with Crippen LogP contribution in [0.15, 0.2) is 112 Å². The van der Waals surface area contributed by atoms with Gasteiger partial charge in [0.1, 0.15) is 11.3 Å². The number of carbonyl (C=O) groups is 2. The molecule has 2 N–H and O–H groups in total. The molecule has 190 valence electrons. The number of para-hydroxylation sites is 3. The van der Waals surface area contributed by atoms with Crippen LogP contribution in [-0.2, 0) is 9.59 Å². The number of benzene rings is 4. The number of fused-ring (bicyclic) bond motifs is 1. The maximum atomic E-state index is 12.8. The molecule has 2 amide bonds. The van der Waals surface area contributed by atoms with Gasteiger partial charge in [-0.25, -0.2) is 4.98 Å². The molecule has 1 aromatic heterocycles. The first-order valence-corrected chi connectivity index (χ1v) is 12.9. The molecule has 0 spiro atoms. The number of nitrogens with one attached hydrogen (secondary N) is 2. The Labute approximate surface area is 224 Å². The van der Waals surface area contributed by atoms with Crippen molar-refractivity contribution in [3.63, 3.8) is 0 Å². The van der Waals surface area contributed by atoms with Gasteiger partial charge in [-0.1, -0.05) is 30.3 Å². The lowest BCUT2D eigenvalue weighted by Crippen LogP contribution is -2.22. The second-order valence-corrected chi connectivity index (χ2v) is 9.90. The average Bonchev–Trinajstić information content (AvgIpc) is 3.38. The molecular weight excluding hydrogens is 498 g/mol. The van der Waals surface area contributed by atoms with E-state index in [1.807, 2.05) is 85.8 Å². The number of aromatic nitrogens is 1. The van der Waals surface area contributed by atoms with Gasteiger partial charge in [-0.15, -0.1) is 11.8 Å². The summed E-state index contributed by atoms with van der Waals surface area (Å²) < 4.78 is 11.3. The first kappa shape index (κ1) is 25.1. The number of thioether (sulfide) groups is 1. The van der Waals surface area contributed by atoms with E-state index in [1.165, 1.54) is 11.8 Å². The van der Waals surface area contributed by atoms with Crippen molar-refractivity contribution in [1.82, 2.24) is 4.98 Å². The minimum atomic E-state index is -0.327. The molecule has 5 rings (SSSR count). The zero-order valence-corrected chi connectivity index (χ0v) is 21.4. The number of ether oxygens (including phenoxy) is 1. The summed E-state index contributed by atoms with van der Waals surface area (Å²) in [7, 11) is 0. The Bertz CT molecular complexity index is 1500. The predicted molar refractivity (Wildman–Crippen MR) is 150 cm³/mol. The van der Waals surface area contributed by atoms with Crippen molar-refractivity contribution in [3.05, 3.63) is 103 Å². The molecule has 0 fully saturated rings. The van der Waals surface area contributed by atoms with Gasteiger partial charge in [0.2, 0.25) is 11.8 Å². The lowest BCUT2D eigenvalue weighted by molar-refractivity contribution is -0.118. The van der Waals surface area contributed by atoms with Crippen molar-refractivity contribution in [2.24, 2.45) is 0 Å². The number of rotatable bonds is 9. The van der Waals surface area contributed by atoms with E-state index in [-0.39, 0.29) is 23.7 Å². The van der Waals surface area contributed by atoms with E-state index < -0.39 is 0 Å². The molecule has 0 aliphatic rings. The van der Waals surface area contributed by atoms with E-state index in [0.717, 1.165) is 21.6 Å². The molecular formula is C30H25N3O4S. The lowest BCUT2D eigenvalue weighted by atomic mass is 10.2. The minimum absolute atomic E-state index is 0.0759. The van der Waals surface area contributed by atoms with Crippen molar-refractivity contribution in [2.45, 2.75) is 17.1 Å². The number of hydrogen-bond acceptors (Lipinski definition) is 6. The Morgan fingerprint density at radius 3 is 2.24 bits per heavy atom. The topological polar surface area (TPSA) is 93.5 Å². The van der Waals surface area contributed by atoms with Gasteiger partial charge in [-0.3, -0.25) is 9.59 Å². The molecule has 1 atom stereocenters. The van der Waals surface area contributed by atoms with Gasteiger partial charge in [-0.05, 0) is 79.7 Å². The van der Waals surface area contributed by atoms with E-state index in [2.05, 4.69) is 15.6 Å². The van der Waals surface area contributed by atoms with Gasteiger partial charge in [0.25, 0.3) is 5.91 Å². The van der Waals surface area contributed by atoms with Gasteiger partial charge in [0.15, 0.2) is 12.2 Å². The second-order valence-electron chi connectivity index (χ2n) is 8.49. The van der Waals surface area contributed by atoms with Crippen LogP contribution in [0, 0.1) is 0 Å². The molecule has 1 unspecified atom stereocenters. The quantitative estimate of drug-likeness (QED) is 0.211. The molecule has 5 aromatic rings. The van der Waals surface area contributed by atoms with Crippen LogP contribution in [0.3, 0.4) is 0 Å². The fourth-order valence-electron chi connectivity index (χ4n) is 3.67. The maximum Gasteiger partial charge on any atom is 0.262 e.